The van der Waals surface area contributed by atoms with Crippen molar-refractivity contribution in [1.82, 2.24) is 9.88 Å². The Morgan fingerprint density at radius 2 is 2.19 bits per heavy atom. The Morgan fingerprint density at radius 3 is 2.81 bits per heavy atom. The molecule has 6 nitrogen and oxygen atoms in total. The predicted molar refractivity (Wildman–Crippen MR) is 70.9 cm³/mol. The molecule has 0 saturated heterocycles. The summed E-state index contributed by atoms with van der Waals surface area (Å²) in [5.41, 5.74) is 0.0123. The van der Waals surface area contributed by atoms with E-state index in [2.05, 4.69) is 21.7 Å². The molecule has 2 aromatic rings. The highest BCUT2D eigenvalue weighted by atomic mass is 32.2. The highest BCUT2D eigenvalue weighted by Crippen LogP contribution is 2.14. The fourth-order valence-electron chi connectivity index (χ4n) is 1.48. The molecule has 0 aliphatic rings. The highest BCUT2D eigenvalue weighted by molar-refractivity contribution is 7.89. The van der Waals surface area contributed by atoms with E-state index < -0.39 is 22.4 Å². The van der Waals surface area contributed by atoms with Gasteiger partial charge in [-0.3, -0.25) is 0 Å². The van der Waals surface area contributed by atoms with E-state index in [4.69, 9.17) is 9.63 Å². The molecule has 1 heterocycles. The van der Waals surface area contributed by atoms with Gasteiger partial charge in [-0.2, -0.15) is 0 Å². The van der Waals surface area contributed by atoms with Crippen LogP contribution in [0.15, 0.2) is 39.9 Å². The van der Waals surface area contributed by atoms with Crippen LogP contribution in [0, 0.1) is 17.7 Å². The molecule has 2 N–H and O–H groups in total. The molecule has 0 aliphatic carbocycles. The van der Waals surface area contributed by atoms with Crippen molar-refractivity contribution in [1.29, 1.82) is 0 Å². The van der Waals surface area contributed by atoms with E-state index in [1.54, 1.807) is 0 Å². The van der Waals surface area contributed by atoms with Crippen molar-refractivity contribution in [3.8, 4) is 11.8 Å². The molecule has 2 rings (SSSR count). The lowest BCUT2D eigenvalue weighted by molar-refractivity contribution is 0.350. The van der Waals surface area contributed by atoms with Crippen molar-refractivity contribution in [3.63, 3.8) is 0 Å². The van der Waals surface area contributed by atoms with Gasteiger partial charge < -0.3 is 9.63 Å². The molecule has 8 heteroatoms. The lowest BCUT2D eigenvalue weighted by atomic mass is 10.2. The summed E-state index contributed by atoms with van der Waals surface area (Å²) in [7, 11) is -3.87. The first-order valence-electron chi connectivity index (χ1n) is 5.81. The van der Waals surface area contributed by atoms with Gasteiger partial charge in [0.25, 0.3) is 0 Å². The molecular weight excluding hydrogens is 299 g/mol. The Balaban J connectivity index is 2.18. The van der Waals surface area contributed by atoms with Crippen LogP contribution in [-0.4, -0.2) is 25.3 Å². The number of sulfonamides is 1. The van der Waals surface area contributed by atoms with Crippen LogP contribution in [0.1, 0.15) is 11.3 Å². The third-order valence-electron chi connectivity index (χ3n) is 2.48. The van der Waals surface area contributed by atoms with Crippen LogP contribution in [0.4, 0.5) is 4.39 Å². The van der Waals surface area contributed by atoms with Crippen LogP contribution in [0.2, 0.25) is 0 Å². The zero-order chi connectivity index (χ0) is 15.3. The normalized spacial score (nSPS) is 11.0. The maximum absolute atomic E-state index is 13.7. The third-order valence-corrected chi connectivity index (χ3v) is 3.88. The van der Waals surface area contributed by atoms with Gasteiger partial charge in [0.05, 0.1) is 23.2 Å². The third kappa shape index (κ3) is 3.88. The van der Waals surface area contributed by atoms with Crippen molar-refractivity contribution in [2.24, 2.45) is 0 Å². The second-order valence-electron chi connectivity index (χ2n) is 3.90. The fourth-order valence-corrected chi connectivity index (χ4v) is 2.49. The fraction of sp³-hybridized carbons (Fsp3) is 0.154. The van der Waals surface area contributed by atoms with Crippen LogP contribution < -0.4 is 4.72 Å². The summed E-state index contributed by atoms with van der Waals surface area (Å²) in [6.07, 6.45) is 1.39. The SMILES string of the molecule is O=S(=O)(NCc1ccno1)c1ccc(C#CCO)c(F)c1. The molecule has 0 atom stereocenters. The van der Waals surface area contributed by atoms with E-state index in [-0.39, 0.29) is 17.0 Å². The van der Waals surface area contributed by atoms with Crippen molar-refractivity contribution in [3.05, 3.63) is 47.6 Å². The summed E-state index contributed by atoms with van der Waals surface area (Å²) in [6, 6.07) is 4.84. The molecule has 0 bridgehead atoms. The summed E-state index contributed by atoms with van der Waals surface area (Å²) in [6.45, 7) is -0.492. The molecular formula is C13H11FN2O4S. The molecule has 0 radical (unpaired) electrons. The molecule has 1 aromatic heterocycles. The van der Waals surface area contributed by atoms with Gasteiger partial charge in [-0.05, 0) is 18.2 Å². The average Bonchev–Trinajstić information content (AvgIpc) is 2.97. The first-order chi connectivity index (χ1) is 10.0. The summed E-state index contributed by atoms with van der Waals surface area (Å²) >= 11 is 0. The molecule has 110 valence electrons. The maximum atomic E-state index is 13.7. The molecule has 0 unspecified atom stereocenters. The average molecular weight is 310 g/mol. The van der Waals surface area contributed by atoms with Crippen LogP contribution in [-0.2, 0) is 16.6 Å². The van der Waals surface area contributed by atoms with Crippen LogP contribution in [0.3, 0.4) is 0 Å². The topological polar surface area (TPSA) is 92.4 Å². The monoisotopic (exact) mass is 310 g/mol. The summed E-state index contributed by atoms with van der Waals surface area (Å²) in [5, 5.41) is 12.0. The first-order valence-corrected chi connectivity index (χ1v) is 7.30. The Hall–Kier alpha value is -2.21. The predicted octanol–water partition coefficient (Wildman–Crippen LogP) is 0.636. The number of nitrogens with zero attached hydrogens (tertiary/aromatic N) is 1. The van der Waals surface area contributed by atoms with Gasteiger partial charge in [0.15, 0.2) is 5.76 Å². The number of aliphatic hydroxyl groups excluding tert-OH is 1. The molecule has 0 aliphatic heterocycles. The van der Waals surface area contributed by atoms with Gasteiger partial charge in [-0.1, -0.05) is 17.0 Å². The van der Waals surface area contributed by atoms with Crippen molar-refractivity contribution >= 4 is 10.0 Å². The Bertz CT molecular complexity index is 776. The number of benzene rings is 1. The van der Waals surface area contributed by atoms with Gasteiger partial charge in [0.2, 0.25) is 10.0 Å². The number of hydrogen-bond donors (Lipinski definition) is 2. The Morgan fingerprint density at radius 1 is 1.38 bits per heavy atom. The largest absolute Gasteiger partial charge is 0.384 e. The van der Waals surface area contributed by atoms with E-state index in [1.165, 1.54) is 24.4 Å². The van der Waals surface area contributed by atoms with Crippen LogP contribution in [0.5, 0.6) is 0 Å². The lowest BCUT2D eigenvalue weighted by Gasteiger charge is -2.05. The van der Waals surface area contributed by atoms with E-state index in [0.717, 1.165) is 6.07 Å². The number of halogens is 1. The van der Waals surface area contributed by atoms with Gasteiger partial charge in [0, 0.05) is 6.07 Å². The number of hydrogen-bond acceptors (Lipinski definition) is 5. The minimum absolute atomic E-state index is 0.0123. The molecule has 0 saturated carbocycles. The van der Waals surface area contributed by atoms with E-state index >= 15 is 0 Å². The van der Waals surface area contributed by atoms with Gasteiger partial charge in [0.1, 0.15) is 12.4 Å². The molecule has 1 aromatic carbocycles. The summed E-state index contributed by atoms with van der Waals surface area (Å²) in [5.74, 6) is 4.23. The Labute approximate surface area is 120 Å². The first kappa shape index (κ1) is 15.2. The van der Waals surface area contributed by atoms with Crippen LogP contribution in [0.25, 0.3) is 0 Å². The lowest BCUT2D eigenvalue weighted by Crippen LogP contribution is -2.23. The zero-order valence-corrected chi connectivity index (χ0v) is 11.5. The summed E-state index contributed by atoms with van der Waals surface area (Å²) < 4.78 is 44.7. The number of nitrogens with one attached hydrogen (secondary N) is 1. The van der Waals surface area contributed by atoms with Gasteiger partial charge >= 0.3 is 0 Å². The second-order valence-corrected chi connectivity index (χ2v) is 5.67. The summed E-state index contributed by atoms with van der Waals surface area (Å²) in [4.78, 5) is -0.228. The minimum Gasteiger partial charge on any atom is -0.384 e. The molecule has 21 heavy (non-hydrogen) atoms. The molecule has 0 fully saturated rings. The van der Waals surface area contributed by atoms with E-state index in [9.17, 15) is 12.8 Å². The molecule has 0 amide bonds. The van der Waals surface area contributed by atoms with Crippen LogP contribution >= 0.6 is 0 Å². The second kappa shape index (κ2) is 6.49. The number of aliphatic hydroxyl groups is 1. The minimum atomic E-state index is -3.87. The van der Waals surface area contributed by atoms with E-state index in [0.29, 0.717) is 5.76 Å². The van der Waals surface area contributed by atoms with E-state index in [1.807, 2.05) is 0 Å². The number of aromatic nitrogens is 1. The molecule has 0 spiro atoms. The van der Waals surface area contributed by atoms with Crippen molar-refractivity contribution in [2.45, 2.75) is 11.4 Å². The zero-order valence-electron chi connectivity index (χ0n) is 10.7. The van der Waals surface area contributed by atoms with Gasteiger partial charge in [-0.25, -0.2) is 17.5 Å². The van der Waals surface area contributed by atoms with Crippen molar-refractivity contribution < 1.29 is 22.4 Å². The number of rotatable bonds is 4. The maximum Gasteiger partial charge on any atom is 0.241 e. The highest BCUT2D eigenvalue weighted by Gasteiger charge is 2.16. The smallest absolute Gasteiger partial charge is 0.241 e. The Kier molecular flexibility index (Phi) is 4.70. The quantitative estimate of drug-likeness (QED) is 0.808. The standard InChI is InChI=1S/C13H11FN2O4S/c14-13-8-12(4-3-10(13)2-1-7-17)21(18,19)16-9-11-5-6-15-20-11/h3-6,8,16-17H,7,9H2. The van der Waals surface area contributed by atoms with Crippen molar-refractivity contribution in [2.75, 3.05) is 6.61 Å². The van der Waals surface area contributed by atoms with Gasteiger partial charge in [-0.15, -0.1) is 0 Å².